The normalized spacial score (nSPS) is 51.5. The predicted octanol–water partition coefficient (Wildman–Crippen LogP) is 3.12. The molecule has 0 aromatic carbocycles. The molecule has 2 aliphatic carbocycles. The summed E-state index contributed by atoms with van der Waals surface area (Å²) in [6.45, 7) is 4.71. The largest absolute Gasteiger partial charge is 0.393 e. The molecule has 0 bridgehead atoms. The SMILES string of the molecule is C[C@@]12CCCC[C@]1(C)[C@@H](O)CCC2. The van der Waals surface area contributed by atoms with E-state index < -0.39 is 0 Å². The van der Waals surface area contributed by atoms with Gasteiger partial charge >= 0.3 is 0 Å². The predicted molar refractivity (Wildman–Crippen MR) is 54.5 cm³/mol. The number of hydrogen-bond donors (Lipinski definition) is 1. The quantitative estimate of drug-likeness (QED) is 0.610. The van der Waals surface area contributed by atoms with Gasteiger partial charge in [-0.15, -0.1) is 0 Å². The van der Waals surface area contributed by atoms with Crippen LogP contribution in [0, 0.1) is 10.8 Å². The minimum Gasteiger partial charge on any atom is -0.393 e. The van der Waals surface area contributed by atoms with E-state index in [0.717, 1.165) is 6.42 Å². The Morgan fingerprint density at radius 3 is 2.31 bits per heavy atom. The molecular formula is C12H22O. The smallest absolute Gasteiger partial charge is 0.0599 e. The Labute approximate surface area is 81.5 Å². The summed E-state index contributed by atoms with van der Waals surface area (Å²) < 4.78 is 0. The zero-order chi connectivity index (χ0) is 9.53. The zero-order valence-electron chi connectivity index (χ0n) is 8.97. The lowest BCUT2D eigenvalue weighted by Crippen LogP contribution is -2.51. The first-order valence-electron chi connectivity index (χ1n) is 5.77. The molecule has 1 nitrogen and oxygen atoms in total. The first kappa shape index (κ1) is 9.51. The number of hydrogen-bond acceptors (Lipinski definition) is 1. The molecule has 1 heteroatoms. The van der Waals surface area contributed by atoms with Gasteiger partial charge in [0.05, 0.1) is 6.10 Å². The van der Waals surface area contributed by atoms with Crippen LogP contribution in [0.4, 0.5) is 0 Å². The van der Waals surface area contributed by atoms with Crippen molar-refractivity contribution in [2.75, 3.05) is 0 Å². The Hall–Kier alpha value is -0.0400. The number of fused-ring (bicyclic) bond motifs is 1. The van der Waals surface area contributed by atoms with Crippen LogP contribution in [0.5, 0.6) is 0 Å². The van der Waals surface area contributed by atoms with Gasteiger partial charge in [0.25, 0.3) is 0 Å². The molecule has 2 saturated carbocycles. The molecule has 2 aliphatic rings. The number of rotatable bonds is 0. The molecule has 3 atom stereocenters. The third kappa shape index (κ3) is 1.24. The summed E-state index contributed by atoms with van der Waals surface area (Å²) in [6.07, 6.45) is 8.83. The second-order valence-electron chi connectivity index (χ2n) is 5.59. The maximum absolute atomic E-state index is 10.1. The van der Waals surface area contributed by atoms with Gasteiger partial charge in [-0.25, -0.2) is 0 Å². The van der Waals surface area contributed by atoms with E-state index in [1.54, 1.807) is 0 Å². The molecule has 0 heterocycles. The molecule has 0 saturated heterocycles. The van der Waals surface area contributed by atoms with Gasteiger partial charge in [-0.3, -0.25) is 0 Å². The van der Waals surface area contributed by atoms with E-state index in [2.05, 4.69) is 13.8 Å². The monoisotopic (exact) mass is 182 g/mol. The highest BCUT2D eigenvalue weighted by Gasteiger charge is 2.51. The third-order valence-corrected chi connectivity index (χ3v) is 5.00. The van der Waals surface area contributed by atoms with Crippen molar-refractivity contribution in [2.24, 2.45) is 10.8 Å². The summed E-state index contributed by atoms with van der Waals surface area (Å²) in [7, 11) is 0. The molecule has 13 heavy (non-hydrogen) atoms. The topological polar surface area (TPSA) is 20.2 Å². The van der Waals surface area contributed by atoms with Crippen LogP contribution in [-0.4, -0.2) is 11.2 Å². The van der Waals surface area contributed by atoms with Crippen LogP contribution in [0.25, 0.3) is 0 Å². The van der Waals surface area contributed by atoms with E-state index >= 15 is 0 Å². The van der Waals surface area contributed by atoms with Crippen LogP contribution in [-0.2, 0) is 0 Å². The van der Waals surface area contributed by atoms with Crippen molar-refractivity contribution in [3.05, 3.63) is 0 Å². The summed E-state index contributed by atoms with van der Waals surface area (Å²) in [5, 5.41) is 10.1. The molecule has 0 unspecified atom stereocenters. The lowest BCUT2D eigenvalue weighted by molar-refractivity contribution is -0.119. The van der Waals surface area contributed by atoms with E-state index in [0.29, 0.717) is 5.41 Å². The highest BCUT2D eigenvalue weighted by atomic mass is 16.3. The van der Waals surface area contributed by atoms with E-state index in [1.165, 1.54) is 38.5 Å². The highest BCUT2D eigenvalue weighted by Crippen LogP contribution is 2.58. The van der Waals surface area contributed by atoms with Crippen molar-refractivity contribution in [3.63, 3.8) is 0 Å². The fraction of sp³-hybridized carbons (Fsp3) is 1.00. The van der Waals surface area contributed by atoms with Gasteiger partial charge in [-0.1, -0.05) is 33.1 Å². The molecule has 1 N–H and O–H groups in total. The van der Waals surface area contributed by atoms with Gasteiger partial charge in [0.1, 0.15) is 0 Å². The van der Waals surface area contributed by atoms with E-state index in [-0.39, 0.29) is 11.5 Å². The van der Waals surface area contributed by atoms with E-state index in [1.807, 2.05) is 0 Å². The minimum atomic E-state index is -0.0356. The van der Waals surface area contributed by atoms with Crippen LogP contribution >= 0.6 is 0 Å². The van der Waals surface area contributed by atoms with Crippen molar-refractivity contribution in [3.8, 4) is 0 Å². The van der Waals surface area contributed by atoms with E-state index in [9.17, 15) is 5.11 Å². The lowest BCUT2D eigenvalue weighted by Gasteiger charge is -2.56. The number of aliphatic hydroxyl groups excluding tert-OH is 1. The van der Waals surface area contributed by atoms with Crippen molar-refractivity contribution < 1.29 is 5.11 Å². The Kier molecular flexibility index (Phi) is 2.18. The summed E-state index contributed by atoms with van der Waals surface area (Å²) >= 11 is 0. The van der Waals surface area contributed by atoms with Crippen LogP contribution < -0.4 is 0 Å². The first-order chi connectivity index (χ1) is 6.08. The standard InChI is InChI=1S/C12H22O/c1-11-7-3-4-9-12(11,2)10(13)6-5-8-11/h10,13H,3-9H2,1-2H3/t10-,11-,12+/m0/s1. The van der Waals surface area contributed by atoms with Gasteiger partial charge in [0.2, 0.25) is 0 Å². The van der Waals surface area contributed by atoms with Gasteiger partial charge in [-0.2, -0.15) is 0 Å². The van der Waals surface area contributed by atoms with Crippen LogP contribution in [0.15, 0.2) is 0 Å². The molecule has 0 aromatic rings. The molecule has 0 aromatic heterocycles. The van der Waals surface area contributed by atoms with Gasteiger partial charge in [0.15, 0.2) is 0 Å². The Balaban J connectivity index is 2.27. The van der Waals surface area contributed by atoms with Crippen molar-refractivity contribution in [1.82, 2.24) is 0 Å². The Morgan fingerprint density at radius 2 is 1.62 bits per heavy atom. The van der Waals surface area contributed by atoms with Gasteiger partial charge in [0, 0.05) is 0 Å². The number of aliphatic hydroxyl groups is 1. The average Bonchev–Trinajstić information content (AvgIpc) is 2.09. The fourth-order valence-electron chi connectivity index (χ4n) is 3.58. The second-order valence-corrected chi connectivity index (χ2v) is 5.59. The maximum atomic E-state index is 10.1. The summed E-state index contributed by atoms with van der Waals surface area (Å²) in [5.41, 5.74) is 0.659. The molecule has 0 spiro atoms. The lowest BCUT2D eigenvalue weighted by atomic mass is 9.50. The fourth-order valence-corrected chi connectivity index (χ4v) is 3.58. The van der Waals surface area contributed by atoms with Crippen molar-refractivity contribution in [1.29, 1.82) is 0 Å². The average molecular weight is 182 g/mol. The molecular weight excluding hydrogens is 160 g/mol. The second kappa shape index (κ2) is 2.98. The molecule has 0 amide bonds. The Bertz CT molecular complexity index is 197. The summed E-state index contributed by atoms with van der Waals surface area (Å²) in [4.78, 5) is 0. The van der Waals surface area contributed by atoms with Crippen molar-refractivity contribution >= 4 is 0 Å². The summed E-state index contributed by atoms with van der Waals surface area (Å²) in [5.74, 6) is 0. The molecule has 0 radical (unpaired) electrons. The van der Waals surface area contributed by atoms with Gasteiger partial charge < -0.3 is 5.11 Å². The molecule has 2 fully saturated rings. The summed E-state index contributed by atoms with van der Waals surface area (Å²) in [6, 6.07) is 0. The minimum absolute atomic E-state index is 0.0356. The zero-order valence-corrected chi connectivity index (χ0v) is 8.97. The molecule has 2 rings (SSSR count). The van der Waals surface area contributed by atoms with Crippen LogP contribution in [0.1, 0.15) is 58.8 Å². The van der Waals surface area contributed by atoms with Crippen LogP contribution in [0.3, 0.4) is 0 Å². The van der Waals surface area contributed by atoms with Crippen LogP contribution in [0.2, 0.25) is 0 Å². The first-order valence-corrected chi connectivity index (χ1v) is 5.77. The van der Waals surface area contributed by atoms with Gasteiger partial charge in [-0.05, 0) is 36.5 Å². The highest BCUT2D eigenvalue weighted by molar-refractivity contribution is 5.02. The maximum Gasteiger partial charge on any atom is 0.0599 e. The molecule has 0 aliphatic heterocycles. The van der Waals surface area contributed by atoms with Crippen molar-refractivity contribution in [2.45, 2.75) is 64.9 Å². The van der Waals surface area contributed by atoms with E-state index in [4.69, 9.17) is 0 Å². The third-order valence-electron chi connectivity index (χ3n) is 5.00. The molecule has 76 valence electrons. The Morgan fingerprint density at radius 1 is 1.00 bits per heavy atom.